The van der Waals surface area contributed by atoms with E-state index in [-0.39, 0.29) is 16.3 Å². The van der Waals surface area contributed by atoms with Gasteiger partial charge in [0.05, 0.1) is 7.11 Å². The minimum atomic E-state index is -5.00. The van der Waals surface area contributed by atoms with Gasteiger partial charge >= 0.3 is 6.18 Å². The maximum Gasteiger partial charge on any atom is 0.438 e. The van der Waals surface area contributed by atoms with Crippen LogP contribution in [-0.4, -0.2) is 40.7 Å². The summed E-state index contributed by atoms with van der Waals surface area (Å²) in [5.41, 5.74) is -3.32. The van der Waals surface area contributed by atoms with E-state index in [0.717, 1.165) is 0 Å². The number of amides is 1. The summed E-state index contributed by atoms with van der Waals surface area (Å²) < 4.78 is 44.0. The Labute approximate surface area is 118 Å². The van der Waals surface area contributed by atoms with Crippen LogP contribution in [0.4, 0.5) is 13.2 Å². The van der Waals surface area contributed by atoms with Crippen LogP contribution in [0, 0.1) is 0 Å². The molecule has 2 rings (SSSR count). The molecule has 0 radical (unpaired) electrons. The second kappa shape index (κ2) is 5.03. The van der Waals surface area contributed by atoms with Gasteiger partial charge in [-0.2, -0.15) is 23.3 Å². The lowest BCUT2D eigenvalue weighted by Gasteiger charge is -2.32. The lowest BCUT2D eigenvalue weighted by molar-refractivity contribution is -0.297. The first kappa shape index (κ1) is 15.3. The Balaban J connectivity index is 2.35. The van der Waals surface area contributed by atoms with Crippen molar-refractivity contribution >= 4 is 11.6 Å². The molecule has 1 heterocycles. The van der Waals surface area contributed by atoms with Crippen molar-refractivity contribution in [3.8, 4) is 5.75 Å². The van der Waals surface area contributed by atoms with Gasteiger partial charge in [0.25, 0.3) is 11.6 Å². The largest absolute Gasteiger partial charge is 0.497 e. The van der Waals surface area contributed by atoms with Crippen LogP contribution >= 0.6 is 0 Å². The number of halogens is 3. The van der Waals surface area contributed by atoms with Crippen molar-refractivity contribution < 1.29 is 27.8 Å². The van der Waals surface area contributed by atoms with Gasteiger partial charge in [-0.1, -0.05) is 0 Å². The van der Waals surface area contributed by atoms with Crippen LogP contribution in [-0.2, 0) is 0 Å². The summed E-state index contributed by atoms with van der Waals surface area (Å²) in [4.78, 5) is 12.2. The first-order valence-corrected chi connectivity index (χ1v) is 6.01. The number of methoxy groups -OCH3 is 1. The van der Waals surface area contributed by atoms with Crippen LogP contribution in [0.5, 0.6) is 5.75 Å². The Morgan fingerprint density at radius 3 is 2.43 bits per heavy atom. The third-order valence-corrected chi connectivity index (χ3v) is 3.11. The Hall–Kier alpha value is -2.09. The third kappa shape index (κ3) is 2.58. The highest BCUT2D eigenvalue weighted by molar-refractivity contribution is 5.97. The highest BCUT2D eigenvalue weighted by Crippen LogP contribution is 2.40. The highest BCUT2D eigenvalue weighted by Gasteiger charge is 2.62. The van der Waals surface area contributed by atoms with Crippen LogP contribution < -0.4 is 4.74 Å². The zero-order valence-corrected chi connectivity index (χ0v) is 11.3. The second-order valence-electron chi connectivity index (χ2n) is 4.67. The maximum absolute atomic E-state index is 13.0. The fourth-order valence-electron chi connectivity index (χ4n) is 2.01. The van der Waals surface area contributed by atoms with Crippen LogP contribution in [0.25, 0.3) is 0 Å². The average molecular weight is 302 g/mol. The lowest BCUT2D eigenvalue weighted by atomic mass is 10.1. The second-order valence-corrected chi connectivity index (χ2v) is 4.67. The van der Waals surface area contributed by atoms with Crippen molar-refractivity contribution in [2.24, 2.45) is 5.10 Å². The van der Waals surface area contributed by atoms with Crippen LogP contribution in [0.3, 0.4) is 0 Å². The van der Waals surface area contributed by atoms with E-state index in [9.17, 15) is 23.1 Å². The molecular weight excluding hydrogens is 289 g/mol. The molecule has 1 amide bonds. The monoisotopic (exact) mass is 302 g/mol. The fourth-order valence-corrected chi connectivity index (χ4v) is 2.01. The standard InChI is InChI=1S/C13H13F3N2O3/c1-8-7-12(20,13(14,15)16)18(17-8)11(19)9-3-5-10(21-2)6-4-9/h3-6,20H,7H2,1-2H3/t12-/m0/s1. The number of nitrogens with zero attached hydrogens (tertiary/aromatic N) is 2. The molecule has 1 aromatic rings. The number of hydrogen-bond donors (Lipinski definition) is 1. The number of ether oxygens (including phenoxy) is 1. The van der Waals surface area contributed by atoms with Gasteiger partial charge in [0.2, 0.25) is 0 Å². The first-order chi connectivity index (χ1) is 9.69. The van der Waals surface area contributed by atoms with Crippen molar-refractivity contribution in [3.63, 3.8) is 0 Å². The van der Waals surface area contributed by atoms with Crippen LogP contribution in [0.2, 0.25) is 0 Å². The minimum Gasteiger partial charge on any atom is -0.497 e. The predicted molar refractivity (Wildman–Crippen MR) is 67.9 cm³/mol. The van der Waals surface area contributed by atoms with Crippen molar-refractivity contribution in [1.82, 2.24) is 5.01 Å². The molecule has 1 aliphatic rings. The number of aliphatic hydroxyl groups is 1. The van der Waals surface area contributed by atoms with Crippen LogP contribution in [0.1, 0.15) is 23.7 Å². The molecule has 1 aromatic carbocycles. The third-order valence-electron chi connectivity index (χ3n) is 3.11. The molecule has 0 saturated carbocycles. The Bertz CT molecular complexity index is 583. The number of rotatable bonds is 2. The highest BCUT2D eigenvalue weighted by atomic mass is 19.4. The van der Waals surface area contributed by atoms with Gasteiger partial charge in [-0.25, -0.2) is 0 Å². The summed E-state index contributed by atoms with van der Waals surface area (Å²) in [6.07, 6.45) is -5.77. The molecule has 0 aliphatic carbocycles. The molecule has 1 atom stereocenters. The number of hydrogen-bond acceptors (Lipinski definition) is 4. The summed E-state index contributed by atoms with van der Waals surface area (Å²) in [6, 6.07) is 5.49. The quantitative estimate of drug-likeness (QED) is 0.910. The Morgan fingerprint density at radius 2 is 1.95 bits per heavy atom. The number of alkyl halides is 3. The average Bonchev–Trinajstić information content (AvgIpc) is 2.74. The topological polar surface area (TPSA) is 62.1 Å². The number of carbonyl (C=O) groups excluding carboxylic acids is 1. The fraction of sp³-hybridized carbons (Fsp3) is 0.385. The Kier molecular flexibility index (Phi) is 3.66. The maximum atomic E-state index is 13.0. The van der Waals surface area contributed by atoms with Gasteiger partial charge in [0.15, 0.2) is 0 Å². The van der Waals surface area contributed by atoms with E-state index in [1.165, 1.54) is 38.3 Å². The number of benzene rings is 1. The van der Waals surface area contributed by atoms with Crippen molar-refractivity contribution in [2.45, 2.75) is 25.2 Å². The molecule has 5 nitrogen and oxygen atoms in total. The lowest BCUT2D eigenvalue weighted by Crippen LogP contribution is -2.56. The van der Waals surface area contributed by atoms with Gasteiger partial charge in [-0.05, 0) is 31.2 Å². The molecule has 21 heavy (non-hydrogen) atoms. The van der Waals surface area contributed by atoms with E-state index >= 15 is 0 Å². The molecule has 114 valence electrons. The minimum absolute atomic E-state index is 0.0247. The van der Waals surface area contributed by atoms with Gasteiger partial charge in [-0.3, -0.25) is 4.79 Å². The molecule has 1 N–H and O–H groups in total. The number of hydrazone groups is 1. The molecule has 0 saturated heterocycles. The van der Waals surface area contributed by atoms with E-state index in [1.807, 2.05) is 0 Å². The smallest absolute Gasteiger partial charge is 0.438 e. The van der Waals surface area contributed by atoms with E-state index in [4.69, 9.17) is 4.74 Å². The van der Waals surface area contributed by atoms with Crippen LogP contribution in [0.15, 0.2) is 29.4 Å². The van der Waals surface area contributed by atoms with Gasteiger partial charge in [0, 0.05) is 17.7 Å². The number of carbonyl (C=O) groups is 1. The first-order valence-electron chi connectivity index (χ1n) is 6.01. The summed E-state index contributed by atoms with van der Waals surface area (Å²) >= 11 is 0. The molecule has 8 heteroatoms. The molecule has 0 unspecified atom stereocenters. The van der Waals surface area contributed by atoms with Crippen molar-refractivity contribution in [1.29, 1.82) is 0 Å². The molecule has 0 spiro atoms. The molecule has 0 bridgehead atoms. The summed E-state index contributed by atoms with van der Waals surface area (Å²) in [5, 5.41) is 13.4. The summed E-state index contributed by atoms with van der Waals surface area (Å²) in [6.45, 7) is 1.32. The van der Waals surface area contributed by atoms with Gasteiger partial charge in [-0.15, -0.1) is 0 Å². The van der Waals surface area contributed by atoms with Crippen molar-refractivity contribution in [3.05, 3.63) is 29.8 Å². The van der Waals surface area contributed by atoms with E-state index < -0.39 is 24.2 Å². The molecule has 0 fully saturated rings. The molecule has 0 aromatic heterocycles. The summed E-state index contributed by atoms with van der Waals surface area (Å²) in [7, 11) is 1.42. The van der Waals surface area contributed by atoms with Gasteiger partial charge in [0.1, 0.15) is 5.75 Å². The summed E-state index contributed by atoms with van der Waals surface area (Å²) in [5.74, 6) is -0.576. The van der Waals surface area contributed by atoms with E-state index in [1.54, 1.807) is 0 Å². The SMILES string of the molecule is COc1ccc(C(=O)N2N=C(C)C[C@]2(O)C(F)(F)F)cc1. The predicted octanol–water partition coefficient (Wildman–Crippen LogP) is 2.17. The normalized spacial score (nSPS) is 22.2. The van der Waals surface area contributed by atoms with Crippen molar-refractivity contribution in [2.75, 3.05) is 7.11 Å². The zero-order chi connectivity index (χ0) is 15.8. The molecular formula is C13H13F3N2O3. The van der Waals surface area contributed by atoms with Gasteiger partial charge < -0.3 is 9.84 Å². The van der Waals surface area contributed by atoms with E-state index in [2.05, 4.69) is 5.10 Å². The van der Waals surface area contributed by atoms with E-state index in [0.29, 0.717) is 5.75 Å². The Morgan fingerprint density at radius 1 is 1.38 bits per heavy atom. The zero-order valence-electron chi connectivity index (χ0n) is 11.3. The molecule has 1 aliphatic heterocycles.